The highest BCUT2D eigenvalue weighted by Crippen LogP contribution is 2.67. The van der Waals surface area contributed by atoms with Gasteiger partial charge in [-0.1, -0.05) is 31.6 Å². The molecular weight excluding hydrogens is 329 g/mol. The molecule has 1 heterocycles. The Bertz CT molecular complexity index is 815. The number of aliphatic hydroxyl groups excluding tert-OH is 1. The molecule has 0 saturated heterocycles. The normalized spacial score (nSPS) is 43.6. The summed E-state index contributed by atoms with van der Waals surface area (Å²) in [7, 11) is 2.36. The van der Waals surface area contributed by atoms with Crippen LogP contribution in [-0.2, 0) is 0 Å². The second-order valence-electron chi connectivity index (χ2n) is 10.2. The molecule has 0 aliphatic heterocycles. The monoisotopic (exact) mass is 361 g/mol. The predicted octanol–water partition coefficient (Wildman–Crippen LogP) is 4.36. The number of nitrogens with zero attached hydrogens (tertiary/aromatic N) is 1. The smallest absolute Gasteiger partial charge is 0.134 e. The van der Waals surface area contributed by atoms with Crippen LogP contribution >= 0.6 is 0 Å². The number of pyridine rings is 1. The highest BCUT2D eigenvalue weighted by molar-refractivity contribution is 6.26. The van der Waals surface area contributed by atoms with E-state index in [9.17, 15) is 5.11 Å². The number of rotatable bonds is 1. The lowest BCUT2D eigenvalue weighted by molar-refractivity contribution is -0.0239. The van der Waals surface area contributed by atoms with Crippen molar-refractivity contribution in [1.82, 2.24) is 4.98 Å². The molecule has 0 aromatic carbocycles. The maximum Gasteiger partial charge on any atom is 0.134 e. The Balaban J connectivity index is 1.51. The Morgan fingerprint density at radius 2 is 1.93 bits per heavy atom. The maximum atomic E-state index is 10.2. The molecule has 1 aromatic heterocycles. The lowest BCUT2D eigenvalue weighted by atomic mass is 9.47. The Morgan fingerprint density at radius 3 is 2.70 bits per heavy atom. The molecule has 2 saturated carbocycles. The second-order valence-corrected chi connectivity index (χ2v) is 10.2. The van der Waals surface area contributed by atoms with Crippen molar-refractivity contribution in [2.75, 3.05) is 0 Å². The molecule has 2 fully saturated rings. The van der Waals surface area contributed by atoms with E-state index in [0.717, 1.165) is 30.6 Å². The minimum atomic E-state index is -0.109. The van der Waals surface area contributed by atoms with Crippen LogP contribution in [0.25, 0.3) is 5.57 Å². The van der Waals surface area contributed by atoms with Gasteiger partial charge in [0.1, 0.15) is 7.85 Å². The third kappa shape index (κ3) is 2.46. The highest BCUT2D eigenvalue weighted by Gasteiger charge is 2.57. The number of aliphatic hydroxyl groups is 1. The van der Waals surface area contributed by atoms with Crippen molar-refractivity contribution in [3.05, 3.63) is 47.2 Å². The number of aromatic nitrogens is 1. The first-order valence-electron chi connectivity index (χ1n) is 10.9. The molecule has 0 radical (unpaired) electrons. The first-order valence-corrected chi connectivity index (χ1v) is 10.9. The van der Waals surface area contributed by atoms with E-state index in [1.807, 2.05) is 6.20 Å². The Labute approximate surface area is 164 Å². The van der Waals surface area contributed by atoms with E-state index < -0.39 is 0 Å². The summed E-state index contributed by atoms with van der Waals surface area (Å²) in [6.45, 7) is 5.06. The van der Waals surface area contributed by atoms with E-state index in [-0.39, 0.29) is 6.10 Å². The molecule has 0 spiro atoms. The summed E-state index contributed by atoms with van der Waals surface area (Å²) in [4.78, 5) is 4.42. The summed E-state index contributed by atoms with van der Waals surface area (Å²) in [6.07, 6.45) is 14.6. The van der Waals surface area contributed by atoms with Crippen molar-refractivity contribution in [3.63, 3.8) is 0 Å². The van der Waals surface area contributed by atoms with Gasteiger partial charge in [0.2, 0.25) is 0 Å². The average molecular weight is 361 g/mol. The molecule has 5 rings (SSSR count). The van der Waals surface area contributed by atoms with Crippen LogP contribution < -0.4 is 0 Å². The zero-order valence-electron chi connectivity index (χ0n) is 17.0. The van der Waals surface area contributed by atoms with E-state index in [0.29, 0.717) is 10.8 Å². The van der Waals surface area contributed by atoms with E-state index in [1.165, 1.54) is 37.7 Å². The summed E-state index contributed by atoms with van der Waals surface area (Å²) in [6, 6.07) is 4.34. The first-order chi connectivity index (χ1) is 12.9. The van der Waals surface area contributed by atoms with Crippen LogP contribution in [-0.4, -0.2) is 24.0 Å². The Hall–Kier alpha value is -1.35. The van der Waals surface area contributed by atoms with E-state index in [4.69, 9.17) is 0 Å². The topological polar surface area (TPSA) is 33.1 Å². The molecule has 6 unspecified atom stereocenters. The summed E-state index contributed by atoms with van der Waals surface area (Å²) < 4.78 is 0. The summed E-state index contributed by atoms with van der Waals surface area (Å²) in [5.41, 5.74) is 6.73. The van der Waals surface area contributed by atoms with E-state index in [1.54, 1.807) is 16.6 Å². The SMILES string of the molecule is BC1=C(c2cccnc2)C2(C)CCC3C(CC=C4CC(O)CCC43C)C2C1. The molecule has 27 heavy (non-hydrogen) atoms. The fourth-order valence-corrected chi connectivity index (χ4v) is 7.65. The van der Waals surface area contributed by atoms with Crippen LogP contribution in [0.5, 0.6) is 0 Å². The third-order valence-electron chi connectivity index (χ3n) is 8.94. The summed E-state index contributed by atoms with van der Waals surface area (Å²) in [5, 5.41) is 10.2. The van der Waals surface area contributed by atoms with Crippen LogP contribution in [0.2, 0.25) is 0 Å². The van der Waals surface area contributed by atoms with Crippen molar-refractivity contribution in [2.45, 2.75) is 64.9 Å². The van der Waals surface area contributed by atoms with Crippen LogP contribution in [0.1, 0.15) is 64.4 Å². The maximum absolute atomic E-state index is 10.2. The Morgan fingerprint density at radius 1 is 1.11 bits per heavy atom. The number of fused-ring (bicyclic) bond motifs is 5. The lowest BCUT2D eigenvalue weighted by Crippen LogP contribution is -2.49. The fraction of sp³-hybridized carbons (Fsp3) is 0.625. The predicted molar refractivity (Wildman–Crippen MR) is 113 cm³/mol. The minimum absolute atomic E-state index is 0.109. The molecule has 1 N–H and O–H groups in total. The van der Waals surface area contributed by atoms with Gasteiger partial charge < -0.3 is 5.11 Å². The first kappa shape index (κ1) is 17.7. The van der Waals surface area contributed by atoms with Gasteiger partial charge in [0, 0.05) is 12.4 Å². The van der Waals surface area contributed by atoms with Crippen molar-refractivity contribution >= 4 is 13.4 Å². The van der Waals surface area contributed by atoms with Gasteiger partial charge in [-0.3, -0.25) is 4.98 Å². The summed E-state index contributed by atoms with van der Waals surface area (Å²) in [5.74, 6) is 2.34. The molecule has 6 atom stereocenters. The molecule has 0 amide bonds. The van der Waals surface area contributed by atoms with Crippen LogP contribution in [0.4, 0.5) is 0 Å². The average Bonchev–Trinajstić information content (AvgIpc) is 2.93. The van der Waals surface area contributed by atoms with Crippen molar-refractivity contribution in [1.29, 1.82) is 0 Å². The molecule has 2 nitrogen and oxygen atoms in total. The van der Waals surface area contributed by atoms with Crippen LogP contribution in [0.3, 0.4) is 0 Å². The molecular formula is C24H32BNO. The fourth-order valence-electron chi connectivity index (χ4n) is 7.65. The van der Waals surface area contributed by atoms with Crippen molar-refractivity contribution in [3.8, 4) is 0 Å². The zero-order chi connectivity index (χ0) is 18.8. The second kappa shape index (κ2) is 6.07. The van der Waals surface area contributed by atoms with E-state index in [2.05, 4.69) is 51.1 Å². The minimum Gasteiger partial charge on any atom is -0.393 e. The summed E-state index contributed by atoms with van der Waals surface area (Å²) >= 11 is 0. The van der Waals surface area contributed by atoms with Gasteiger partial charge in [0.05, 0.1) is 6.10 Å². The molecule has 142 valence electrons. The van der Waals surface area contributed by atoms with Gasteiger partial charge in [0.25, 0.3) is 0 Å². The molecule has 4 aliphatic rings. The van der Waals surface area contributed by atoms with Gasteiger partial charge in [0.15, 0.2) is 0 Å². The van der Waals surface area contributed by atoms with Crippen molar-refractivity contribution < 1.29 is 5.11 Å². The largest absolute Gasteiger partial charge is 0.393 e. The quantitative estimate of drug-likeness (QED) is 0.596. The standard InChI is InChI=1S/C24H32BNO/c1-23-9-7-17(27)12-16(23)5-6-18-19(23)8-10-24(2)20(18)13-21(25)22(24)15-4-3-11-26-14-15/h3-5,11,14,17-20,27H,6-10,12-13,25H2,1-2H3. The van der Waals surface area contributed by atoms with Crippen LogP contribution in [0, 0.1) is 28.6 Å². The van der Waals surface area contributed by atoms with Crippen molar-refractivity contribution in [2.24, 2.45) is 28.6 Å². The lowest BCUT2D eigenvalue weighted by Gasteiger charge is -2.57. The third-order valence-corrected chi connectivity index (χ3v) is 8.94. The highest BCUT2D eigenvalue weighted by atomic mass is 16.3. The van der Waals surface area contributed by atoms with Crippen LogP contribution in [0.15, 0.2) is 41.6 Å². The van der Waals surface area contributed by atoms with Gasteiger partial charge in [-0.05, 0) is 90.7 Å². The van der Waals surface area contributed by atoms with Gasteiger partial charge in [-0.2, -0.15) is 0 Å². The van der Waals surface area contributed by atoms with E-state index >= 15 is 0 Å². The number of allylic oxidation sites excluding steroid dienone is 3. The molecule has 4 aliphatic carbocycles. The van der Waals surface area contributed by atoms with Gasteiger partial charge >= 0.3 is 0 Å². The molecule has 3 heteroatoms. The Kier molecular flexibility index (Phi) is 3.99. The molecule has 1 aromatic rings. The van der Waals surface area contributed by atoms with Gasteiger partial charge in [-0.15, -0.1) is 5.47 Å². The number of hydrogen-bond acceptors (Lipinski definition) is 2. The number of hydrogen-bond donors (Lipinski definition) is 1. The van der Waals surface area contributed by atoms with Gasteiger partial charge in [-0.25, -0.2) is 0 Å². The zero-order valence-corrected chi connectivity index (χ0v) is 17.0. The molecule has 0 bridgehead atoms.